The third-order valence-corrected chi connectivity index (χ3v) is 3.47. The molecule has 0 aromatic heterocycles. The van der Waals surface area contributed by atoms with Gasteiger partial charge in [0, 0.05) is 13.1 Å². The molecular weight excluding hydrogens is 176 g/mol. The highest BCUT2D eigenvalue weighted by Crippen LogP contribution is 2.60. The molecule has 0 bridgehead atoms. The molecule has 0 spiro atoms. The van der Waals surface area contributed by atoms with E-state index in [-0.39, 0.29) is 5.91 Å². The highest BCUT2D eigenvalue weighted by molar-refractivity contribution is 5.77. The fourth-order valence-corrected chi connectivity index (χ4v) is 2.27. The molecule has 14 heavy (non-hydrogen) atoms. The van der Waals surface area contributed by atoms with Gasteiger partial charge < -0.3 is 10.6 Å². The molecule has 0 unspecified atom stereocenters. The first-order chi connectivity index (χ1) is 6.77. The number of hydrogen-bond acceptors (Lipinski definition) is 2. The number of likely N-dealkylation sites (N-methyl/N-ethyl adjacent to an activating group) is 1. The van der Waals surface area contributed by atoms with Crippen molar-refractivity contribution in [1.82, 2.24) is 10.6 Å². The molecule has 0 aromatic carbocycles. The number of hydrogen-bond donors (Lipinski definition) is 2. The number of nitrogens with one attached hydrogen (secondary N) is 2. The van der Waals surface area contributed by atoms with Crippen molar-refractivity contribution in [3.05, 3.63) is 0 Å². The van der Waals surface area contributed by atoms with Crippen LogP contribution in [0.5, 0.6) is 0 Å². The molecule has 2 aliphatic rings. The summed E-state index contributed by atoms with van der Waals surface area (Å²) in [7, 11) is 0. The van der Waals surface area contributed by atoms with Crippen molar-refractivity contribution in [2.24, 2.45) is 11.3 Å². The van der Waals surface area contributed by atoms with Crippen LogP contribution in [0.1, 0.15) is 32.6 Å². The molecular formula is C11H20N2O. The zero-order valence-corrected chi connectivity index (χ0v) is 8.94. The van der Waals surface area contributed by atoms with Crippen LogP contribution < -0.4 is 10.6 Å². The molecule has 0 saturated heterocycles. The predicted molar refractivity (Wildman–Crippen MR) is 55.9 cm³/mol. The highest BCUT2D eigenvalue weighted by Gasteiger charge is 2.53. The van der Waals surface area contributed by atoms with E-state index in [1.54, 1.807) is 0 Å². The standard InChI is InChI=1S/C11H20N2O/c1-2-13-10(14)7-12-8-11(5-6-11)9-3-4-9/h9,12H,2-8H2,1H3,(H,13,14). The van der Waals surface area contributed by atoms with Crippen molar-refractivity contribution >= 4 is 5.91 Å². The summed E-state index contributed by atoms with van der Waals surface area (Å²) in [6.07, 6.45) is 5.59. The molecule has 1 amide bonds. The van der Waals surface area contributed by atoms with Crippen molar-refractivity contribution in [2.75, 3.05) is 19.6 Å². The second-order valence-corrected chi connectivity index (χ2v) is 4.69. The maximum absolute atomic E-state index is 11.2. The van der Waals surface area contributed by atoms with Gasteiger partial charge in [-0.15, -0.1) is 0 Å². The summed E-state index contributed by atoms with van der Waals surface area (Å²) in [4.78, 5) is 11.2. The lowest BCUT2D eigenvalue weighted by Crippen LogP contribution is -2.36. The van der Waals surface area contributed by atoms with Crippen LogP contribution in [-0.2, 0) is 4.79 Å². The van der Waals surface area contributed by atoms with Crippen LogP contribution in [0.4, 0.5) is 0 Å². The quantitative estimate of drug-likeness (QED) is 0.663. The van der Waals surface area contributed by atoms with Crippen LogP contribution in [0.15, 0.2) is 0 Å². The Morgan fingerprint density at radius 3 is 2.64 bits per heavy atom. The van der Waals surface area contributed by atoms with Gasteiger partial charge in [0.2, 0.25) is 5.91 Å². The van der Waals surface area contributed by atoms with Crippen molar-refractivity contribution in [3.8, 4) is 0 Å². The normalized spacial score (nSPS) is 23.2. The summed E-state index contributed by atoms with van der Waals surface area (Å²) in [5.41, 5.74) is 0.604. The zero-order valence-electron chi connectivity index (χ0n) is 8.94. The van der Waals surface area contributed by atoms with E-state index in [9.17, 15) is 4.79 Å². The second kappa shape index (κ2) is 3.89. The lowest BCUT2D eigenvalue weighted by atomic mass is 10.0. The average molecular weight is 196 g/mol. The Kier molecular flexibility index (Phi) is 2.77. The largest absolute Gasteiger partial charge is 0.355 e. The van der Waals surface area contributed by atoms with Crippen LogP contribution in [0.2, 0.25) is 0 Å². The van der Waals surface area contributed by atoms with Gasteiger partial charge in [-0.3, -0.25) is 4.79 Å². The zero-order chi connectivity index (χ0) is 10.0. The van der Waals surface area contributed by atoms with E-state index < -0.39 is 0 Å². The van der Waals surface area contributed by atoms with Gasteiger partial charge in [0.1, 0.15) is 0 Å². The van der Waals surface area contributed by atoms with Gasteiger partial charge in [0.15, 0.2) is 0 Å². The van der Waals surface area contributed by atoms with E-state index in [2.05, 4.69) is 10.6 Å². The van der Waals surface area contributed by atoms with Crippen molar-refractivity contribution in [2.45, 2.75) is 32.6 Å². The number of carbonyl (C=O) groups excluding carboxylic acids is 1. The lowest BCUT2D eigenvalue weighted by molar-refractivity contribution is -0.120. The molecule has 2 rings (SSSR count). The minimum absolute atomic E-state index is 0.124. The Balaban J connectivity index is 1.60. The van der Waals surface area contributed by atoms with Crippen molar-refractivity contribution in [3.63, 3.8) is 0 Å². The summed E-state index contributed by atoms with van der Waals surface area (Å²) in [6.45, 7) is 4.22. The fourth-order valence-electron chi connectivity index (χ4n) is 2.27. The lowest BCUT2D eigenvalue weighted by Gasteiger charge is -2.14. The topological polar surface area (TPSA) is 41.1 Å². The third-order valence-electron chi connectivity index (χ3n) is 3.47. The van der Waals surface area contributed by atoms with Gasteiger partial charge in [-0.05, 0) is 43.9 Å². The molecule has 2 aliphatic carbocycles. The molecule has 0 aliphatic heterocycles. The van der Waals surface area contributed by atoms with Crippen LogP contribution in [-0.4, -0.2) is 25.5 Å². The Morgan fingerprint density at radius 2 is 2.14 bits per heavy atom. The minimum atomic E-state index is 0.124. The Labute approximate surface area is 85.6 Å². The van der Waals surface area contributed by atoms with E-state index in [4.69, 9.17) is 0 Å². The molecule has 3 nitrogen and oxygen atoms in total. The summed E-state index contributed by atoms with van der Waals surface area (Å²) < 4.78 is 0. The summed E-state index contributed by atoms with van der Waals surface area (Å²) in [5.74, 6) is 1.10. The molecule has 3 heteroatoms. The van der Waals surface area contributed by atoms with Crippen LogP contribution >= 0.6 is 0 Å². The van der Waals surface area contributed by atoms with Gasteiger partial charge in [-0.1, -0.05) is 0 Å². The number of carbonyl (C=O) groups is 1. The van der Waals surface area contributed by atoms with E-state index in [0.29, 0.717) is 12.0 Å². The van der Waals surface area contributed by atoms with Crippen LogP contribution in [0.25, 0.3) is 0 Å². The van der Waals surface area contributed by atoms with E-state index in [1.165, 1.54) is 25.7 Å². The maximum atomic E-state index is 11.2. The Hall–Kier alpha value is -0.570. The van der Waals surface area contributed by atoms with Gasteiger partial charge in [-0.25, -0.2) is 0 Å². The average Bonchev–Trinajstić information content (AvgIpc) is 3.00. The van der Waals surface area contributed by atoms with Crippen molar-refractivity contribution < 1.29 is 4.79 Å². The molecule has 2 saturated carbocycles. The molecule has 0 radical (unpaired) electrons. The first kappa shape index (κ1) is 9.97. The molecule has 2 fully saturated rings. The molecule has 80 valence electrons. The summed E-state index contributed by atoms with van der Waals surface area (Å²) >= 11 is 0. The number of amides is 1. The fraction of sp³-hybridized carbons (Fsp3) is 0.909. The molecule has 0 heterocycles. The van der Waals surface area contributed by atoms with Gasteiger partial charge in [0.25, 0.3) is 0 Å². The molecule has 2 N–H and O–H groups in total. The highest BCUT2D eigenvalue weighted by atomic mass is 16.1. The SMILES string of the molecule is CCNC(=O)CNCC1(C2CC2)CC1. The molecule has 0 atom stereocenters. The predicted octanol–water partition coefficient (Wildman–Crippen LogP) is 0.902. The first-order valence-electron chi connectivity index (χ1n) is 5.74. The summed E-state index contributed by atoms with van der Waals surface area (Å²) in [5, 5.41) is 6.08. The van der Waals surface area contributed by atoms with Gasteiger partial charge in [-0.2, -0.15) is 0 Å². The summed E-state index contributed by atoms with van der Waals surface area (Å²) in [6, 6.07) is 0. The molecule has 0 aromatic rings. The van der Waals surface area contributed by atoms with Gasteiger partial charge in [0.05, 0.1) is 6.54 Å². The monoisotopic (exact) mass is 196 g/mol. The van der Waals surface area contributed by atoms with Crippen molar-refractivity contribution in [1.29, 1.82) is 0 Å². The van der Waals surface area contributed by atoms with Crippen LogP contribution in [0, 0.1) is 11.3 Å². The third kappa shape index (κ3) is 2.27. The second-order valence-electron chi connectivity index (χ2n) is 4.69. The minimum Gasteiger partial charge on any atom is -0.355 e. The number of rotatable bonds is 6. The Bertz CT molecular complexity index is 219. The van der Waals surface area contributed by atoms with E-state index in [1.807, 2.05) is 6.92 Å². The van der Waals surface area contributed by atoms with E-state index >= 15 is 0 Å². The Morgan fingerprint density at radius 1 is 1.43 bits per heavy atom. The first-order valence-corrected chi connectivity index (χ1v) is 5.74. The van der Waals surface area contributed by atoms with Gasteiger partial charge >= 0.3 is 0 Å². The van der Waals surface area contributed by atoms with E-state index in [0.717, 1.165) is 19.0 Å². The maximum Gasteiger partial charge on any atom is 0.233 e. The smallest absolute Gasteiger partial charge is 0.233 e. The van der Waals surface area contributed by atoms with Crippen LogP contribution in [0.3, 0.4) is 0 Å².